The van der Waals surface area contributed by atoms with Gasteiger partial charge < -0.3 is 4.90 Å². The number of aromatic nitrogens is 4. The molecule has 4 rings (SSSR count). The minimum atomic E-state index is -0.198. The molecule has 3 heterocycles. The normalized spacial score (nSPS) is 11.0. The first-order valence-electron chi connectivity index (χ1n) is 9.39. The standard InChI is InChI=1S/C22H21N5OS/c1-16(2)26(15-17-8-6-12-23-14-17)22(28)20-24-21(19-11-7-13-29-19)27(25-20)18-9-4-3-5-10-18/h3-14,16H,15H2,1-2H3. The number of hydrogen-bond donors (Lipinski definition) is 0. The third kappa shape index (κ3) is 4.09. The molecule has 0 unspecified atom stereocenters. The smallest absolute Gasteiger partial charge is 0.294 e. The second-order valence-electron chi connectivity index (χ2n) is 6.87. The molecular weight excluding hydrogens is 382 g/mol. The van der Waals surface area contributed by atoms with Crippen molar-refractivity contribution in [1.29, 1.82) is 0 Å². The Morgan fingerprint density at radius 1 is 1.10 bits per heavy atom. The zero-order valence-electron chi connectivity index (χ0n) is 16.3. The van der Waals surface area contributed by atoms with Gasteiger partial charge in [-0.3, -0.25) is 9.78 Å². The van der Waals surface area contributed by atoms with Crippen LogP contribution in [0.1, 0.15) is 30.0 Å². The van der Waals surface area contributed by atoms with E-state index in [1.165, 1.54) is 0 Å². The summed E-state index contributed by atoms with van der Waals surface area (Å²) in [6.07, 6.45) is 3.50. The fourth-order valence-electron chi connectivity index (χ4n) is 3.02. The van der Waals surface area contributed by atoms with Crippen LogP contribution in [0.2, 0.25) is 0 Å². The molecule has 0 aliphatic rings. The lowest BCUT2D eigenvalue weighted by atomic mass is 10.2. The molecule has 3 aromatic heterocycles. The number of para-hydroxylation sites is 1. The van der Waals surface area contributed by atoms with Crippen LogP contribution in [-0.2, 0) is 6.54 Å². The molecule has 0 atom stereocenters. The zero-order valence-corrected chi connectivity index (χ0v) is 17.1. The quantitative estimate of drug-likeness (QED) is 0.477. The van der Waals surface area contributed by atoms with Gasteiger partial charge in [-0.05, 0) is 49.1 Å². The Balaban J connectivity index is 1.73. The number of amides is 1. The summed E-state index contributed by atoms with van der Waals surface area (Å²) in [7, 11) is 0. The molecule has 29 heavy (non-hydrogen) atoms. The van der Waals surface area contributed by atoms with E-state index >= 15 is 0 Å². The number of carbonyl (C=O) groups is 1. The van der Waals surface area contributed by atoms with Crippen LogP contribution in [0.4, 0.5) is 0 Å². The molecular formula is C22H21N5OS. The molecule has 0 aliphatic heterocycles. The van der Waals surface area contributed by atoms with E-state index in [1.54, 1.807) is 33.3 Å². The summed E-state index contributed by atoms with van der Waals surface area (Å²) < 4.78 is 1.74. The molecule has 0 N–H and O–H groups in total. The summed E-state index contributed by atoms with van der Waals surface area (Å²) in [5.74, 6) is 0.658. The SMILES string of the molecule is CC(C)N(Cc1cccnc1)C(=O)c1nc(-c2cccs2)n(-c2ccccc2)n1. The first-order chi connectivity index (χ1) is 14.1. The van der Waals surface area contributed by atoms with Gasteiger partial charge in [0.15, 0.2) is 5.82 Å². The molecule has 0 aliphatic carbocycles. The van der Waals surface area contributed by atoms with Gasteiger partial charge in [0.2, 0.25) is 5.82 Å². The maximum absolute atomic E-state index is 13.3. The molecule has 0 bridgehead atoms. The molecule has 0 fully saturated rings. The second-order valence-corrected chi connectivity index (χ2v) is 7.82. The van der Waals surface area contributed by atoms with E-state index in [0.29, 0.717) is 12.4 Å². The first kappa shape index (κ1) is 19.0. The Morgan fingerprint density at radius 2 is 1.93 bits per heavy atom. The Kier molecular flexibility index (Phi) is 5.48. The monoisotopic (exact) mass is 403 g/mol. The van der Waals surface area contributed by atoms with Crippen molar-refractivity contribution < 1.29 is 4.79 Å². The van der Waals surface area contributed by atoms with Gasteiger partial charge in [-0.1, -0.05) is 30.3 Å². The van der Waals surface area contributed by atoms with Crippen molar-refractivity contribution >= 4 is 17.2 Å². The van der Waals surface area contributed by atoms with Crippen LogP contribution in [-0.4, -0.2) is 36.6 Å². The fraction of sp³-hybridized carbons (Fsp3) is 0.182. The summed E-state index contributed by atoms with van der Waals surface area (Å²) in [6.45, 7) is 4.43. The number of hydrogen-bond acceptors (Lipinski definition) is 5. The summed E-state index contributed by atoms with van der Waals surface area (Å²) >= 11 is 1.57. The Hall–Kier alpha value is -3.32. The van der Waals surface area contributed by atoms with Gasteiger partial charge in [0.1, 0.15) is 0 Å². The van der Waals surface area contributed by atoms with Gasteiger partial charge >= 0.3 is 0 Å². The van der Waals surface area contributed by atoms with Gasteiger partial charge in [0.05, 0.1) is 10.6 Å². The molecule has 1 amide bonds. The topological polar surface area (TPSA) is 63.9 Å². The molecule has 1 aromatic carbocycles. The van der Waals surface area contributed by atoms with Crippen molar-refractivity contribution in [2.24, 2.45) is 0 Å². The van der Waals surface area contributed by atoms with E-state index in [0.717, 1.165) is 16.1 Å². The minimum Gasteiger partial charge on any atom is -0.329 e. The van der Waals surface area contributed by atoms with Crippen LogP contribution in [0.5, 0.6) is 0 Å². The highest BCUT2D eigenvalue weighted by molar-refractivity contribution is 7.13. The van der Waals surface area contributed by atoms with Gasteiger partial charge in [-0.25, -0.2) is 9.67 Å². The van der Waals surface area contributed by atoms with Crippen LogP contribution >= 0.6 is 11.3 Å². The average Bonchev–Trinajstić information content (AvgIpc) is 3.42. The number of thiophene rings is 1. The summed E-state index contributed by atoms with van der Waals surface area (Å²) in [5.41, 5.74) is 1.83. The number of pyridine rings is 1. The van der Waals surface area contributed by atoms with Crippen molar-refractivity contribution in [3.8, 4) is 16.4 Å². The highest BCUT2D eigenvalue weighted by Crippen LogP contribution is 2.26. The van der Waals surface area contributed by atoms with Crippen molar-refractivity contribution in [3.63, 3.8) is 0 Å². The molecule has 0 spiro atoms. The van der Waals surface area contributed by atoms with E-state index in [9.17, 15) is 4.79 Å². The predicted octanol–water partition coefficient (Wildman–Crippen LogP) is 4.44. The fourth-order valence-corrected chi connectivity index (χ4v) is 3.72. The lowest BCUT2D eigenvalue weighted by Gasteiger charge is -2.25. The highest BCUT2D eigenvalue weighted by Gasteiger charge is 2.25. The maximum Gasteiger partial charge on any atom is 0.294 e. The van der Waals surface area contributed by atoms with Gasteiger partial charge in [0, 0.05) is 25.0 Å². The zero-order chi connectivity index (χ0) is 20.2. The van der Waals surface area contributed by atoms with Crippen LogP contribution in [0.25, 0.3) is 16.4 Å². The third-order valence-corrected chi connectivity index (χ3v) is 5.37. The van der Waals surface area contributed by atoms with E-state index in [1.807, 2.05) is 73.8 Å². The maximum atomic E-state index is 13.3. The minimum absolute atomic E-state index is 0.00318. The molecule has 6 nitrogen and oxygen atoms in total. The van der Waals surface area contributed by atoms with E-state index in [4.69, 9.17) is 0 Å². The van der Waals surface area contributed by atoms with Gasteiger partial charge in [0.25, 0.3) is 5.91 Å². The Labute approximate surface area is 173 Å². The summed E-state index contributed by atoms with van der Waals surface area (Å²) in [5, 5.41) is 6.58. The van der Waals surface area contributed by atoms with Crippen LogP contribution in [0.15, 0.2) is 72.4 Å². The Bertz CT molecular complexity index is 1080. The number of nitrogens with zero attached hydrogens (tertiary/aromatic N) is 5. The Morgan fingerprint density at radius 3 is 2.59 bits per heavy atom. The van der Waals surface area contributed by atoms with Crippen molar-refractivity contribution in [3.05, 3.63) is 83.8 Å². The molecule has 146 valence electrons. The van der Waals surface area contributed by atoms with E-state index in [2.05, 4.69) is 15.1 Å². The van der Waals surface area contributed by atoms with Gasteiger partial charge in [-0.15, -0.1) is 16.4 Å². The predicted molar refractivity (Wildman–Crippen MR) is 114 cm³/mol. The molecule has 0 radical (unpaired) electrons. The van der Waals surface area contributed by atoms with Crippen LogP contribution < -0.4 is 0 Å². The van der Waals surface area contributed by atoms with E-state index < -0.39 is 0 Å². The molecule has 7 heteroatoms. The number of rotatable bonds is 6. The average molecular weight is 404 g/mol. The molecule has 0 saturated heterocycles. The van der Waals surface area contributed by atoms with Crippen molar-refractivity contribution in [2.45, 2.75) is 26.4 Å². The van der Waals surface area contributed by atoms with Gasteiger partial charge in [-0.2, -0.15) is 0 Å². The summed E-state index contributed by atoms with van der Waals surface area (Å²) in [4.78, 5) is 24.8. The highest BCUT2D eigenvalue weighted by atomic mass is 32.1. The largest absolute Gasteiger partial charge is 0.329 e. The number of carbonyl (C=O) groups excluding carboxylic acids is 1. The van der Waals surface area contributed by atoms with Crippen LogP contribution in [0, 0.1) is 0 Å². The van der Waals surface area contributed by atoms with Crippen molar-refractivity contribution in [2.75, 3.05) is 0 Å². The first-order valence-corrected chi connectivity index (χ1v) is 10.3. The lowest BCUT2D eigenvalue weighted by Crippen LogP contribution is -2.37. The molecule has 0 saturated carbocycles. The number of benzene rings is 1. The van der Waals surface area contributed by atoms with E-state index in [-0.39, 0.29) is 17.8 Å². The van der Waals surface area contributed by atoms with Crippen LogP contribution in [0.3, 0.4) is 0 Å². The molecule has 4 aromatic rings. The summed E-state index contributed by atoms with van der Waals surface area (Å²) in [6, 6.07) is 17.5. The van der Waals surface area contributed by atoms with Crippen molar-refractivity contribution in [1.82, 2.24) is 24.6 Å². The third-order valence-electron chi connectivity index (χ3n) is 4.50. The second kappa shape index (κ2) is 8.36. The lowest BCUT2D eigenvalue weighted by molar-refractivity contribution is 0.0677.